The monoisotopic (exact) mass is 213 g/mol. The molecule has 0 aromatic carbocycles. The first-order valence-corrected chi connectivity index (χ1v) is 5.74. The van der Waals surface area contributed by atoms with Crippen LogP contribution < -0.4 is 10.1 Å². The van der Waals surface area contributed by atoms with E-state index in [0.29, 0.717) is 5.88 Å². The van der Waals surface area contributed by atoms with Crippen LogP contribution in [0.3, 0.4) is 0 Å². The van der Waals surface area contributed by atoms with Crippen LogP contribution in [0.15, 0.2) is 12.4 Å². The van der Waals surface area contributed by atoms with Gasteiger partial charge in [0.2, 0.25) is 5.88 Å². The molecule has 1 aromatic heterocycles. The maximum atomic E-state index is 5.15. The summed E-state index contributed by atoms with van der Waals surface area (Å²) < 4.78 is 5.15. The molecule has 0 saturated carbocycles. The summed E-state index contributed by atoms with van der Waals surface area (Å²) in [5, 5.41) is 3.19. The Balaban J connectivity index is 2.90. The highest BCUT2D eigenvalue weighted by atomic mass is 32.2. The average Bonchev–Trinajstić information content (AvgIpc) is 2.26. The zero-order valence-corrected chi connectivity index (χ0v) is 9.47. The van der Waals surface area contributed by atoms with E-state index in [1.54, 1.807) is 31.3 Å². The van der Waals surface area contributed by atoms with Crippen molar-refractivity contribution in [1.29, 1.82) is 0 Å². The molecule has 1 N–H and O–H groups in total. The SMILES string of the molecule is CNC(CSC)c1nccnc1OC. The van der Waals surface area contributed by atoms with Crippen molar-refractivity contribution in [1.82, 2.24) is 15.3 Å². The number of hydrogen-bond acceptors (Lipinski definition) is 5. The smallest absolute Gasteiger partial charge is 0.237 e. The van der Waals surface area contributed by atoms with Gasteiger partial charge in [0.05, 0.1) is 13.2 Å². The Labute approximate surface area is 88.5 Å². The number of methoxy groups -OCH3 is 1. The van der Waals surface area contributed by atoms with Crippen molar-refractivity contribution in [2.75, 3.05) is 26.2 Å². The number of ether oxygens (including phenoxy) is 1. The van der Waals surface area contributed by atoms with Gasteiger partial charge >= 0.3 is 0 Å². The molecule has 1 rings (SSSR count). The zero-order chi connectivity index (χ0) is 10.4. The van der Waals surface area contributed by atoms with Crippen molar-refractivity contribution in [2.24, 2.45) is 0 Å². The molecule has 0 radical (unpaired) electrons. The molecular formula is C9H15N3OS. The zero-order valence-electron chi connectivity index (χ0n) is 8.65. The van der Waals surface area contributed by atoms with Gasteiger partial charge in [0, 0.05) is 18.1 Å². The molecule has 0 aliphatic heterocycles. The molecule has 0 spiro atoms. The van der Waals surface area contributed by atoms with Crippen LogP contribution >= 0.6 is 11.8 Å². The molecular weight excluding hydrogens is 198 g/mol. The van der Waals surface area contributed by atoms with Gasteiger partial charge < -0.3 is 10.1 Å². The summed E-state index contributed by atoms with van der Waals surface area (Å²) in [5.41, 5.74) is 0.867. The Kier molecular flexibility index (Phi) is 4.69. The summed E-state index contributed by atoms with van der Waals surface area (Å²) in [6.07, 6.45) is 5.38. The molecule has 78 valence electrons. The van der Waals surface area contributed by atoms with Crippen LogP contribution in [0.2, 0.25) is 0 Å². The first kappa shape index (κ1) is 11.3. The van der Waals surface area contributed by atoms with Gasteiger partial charge in [-0.2, -0.15) is 11.8 Å². The fraction of sp³-hybridized carbons (Fsp3) is 0.556. The predicted octanol–water partition coefficient (Wildman–Crippen LogP) is 1.11. The molecule has 0 aliphatic carbocycles. The van der Waals surface area contributed by atoms with Gasteiger partial charge in [0.1, 0.15) is 5.69 Å². The second-order valence-electron chi connectivity index (χ2n) is 2.75. The lowest BCUT2D eigenvalue weighted by Crippen LogP contribution is -2.21. The molecule has 0 fully saturated rings. The van der Waals surface area contributed by atoms with Crippen LogP contribution in [0, 0.1) is 0 Å². The minimum atomic E-state index is 0.189. The highest BCUT2D eigenvalue weighted by Gasteiger charge is 2.15. The van der Waals surface area contributed by atoms with Crippen LogP contribution in [-0.2, 0) is 0 Å². The topological polar surface area (TPSA) is 47.0 Å². The van der Waals surface area contributed by atoms with E-state index >= 15 is 0 Å². The minimum Gasteiger partial charge on any atom is -0.480 e. The maximum absolute atomic E-state index is 5.15. The Bertz CT molecular complexity index is 283. The van der Waals surface area contributed by atoms with E-state index in [1.165, 1.54) is 0 Å². The van der Waals surface area contributed by atoms with Gasteiger partial charge in [-0.25, -0.2) is 4.98 Å². The third kappa shape index (κ3) is 2.59. The second kappa shape index (κ2) is 5.82. The van der Waals surface area contributed by atoms with Crippen LogP contribution in [0.4, 0.5) is 0 Å². The molecule has 0 aliphatic rings. The summed E-state index contributed by atoms with van der Waals surface area (Å²) >= 11 is 1.76. The summed E-state index contributed by atoms with van der Waals surface area (Å²) in [5.74, 6) is 1.55. The lowest BCUT2D eigenvalue weighted by Gasteiger charge is -2.15. The molecule has 1 heterocycles. The molecule has 5 heteroatoms. The molecule has 4 nitrogen and oxygen atoms in total. The van der Waals surface area contributed by atoms with Gasteiger partial charge in [0.15, 0.2) is 0 Å². The van der Waals surface area contributed by atoms with Crippen LogP contribution in [0.1, 0.15) is 11.7 Å². The van der Waals surface area contributed by atoms with Crippen molar-refractivity contribution < 1.29 is 4.74 Å². The van der Waals surface area contributed by atoms with Crippen molar-refractivity contribution >= 4 is 11.8 Å². The third-order valence-electron chi connectivity index (χ3n) is 1.90. The van der Waals surface area contributed by atoms with Crippen LogP contribution in [0.25, 0.3) is 0 Å². The summed E-state index contributed by atoms with van der Waals surface area (Å²) in [7, 11) is 3.52. The van der Waals surface area contributed by atoms with E-state index in [9.17, 15) is 0 Å². The van der Waals surface area contributed by atoms with Gasteiger partial charge in [-0.3, -0.25) is 4.98 Å². The van der Waals surface area contributed by atoms with E-state index in [4.69, 9.17) is 4.74 Å². The number of nitrogens with zero attached hydrogens (tertiary/aromatic N) is 2. The van der Waals surface area contributed by atoms with Gasteiger partial charge in [0.25, 0.3) is 0 Å². The summed E-state index contributed by atoms with van der Waals surface area (Å²) in [4.78, 5) is 8.39. The largest absolute Gasteiger partial charge is 0.480 e. The van der Waals surface area contributed by atoms with E-state index < -0.39 is 0 Å². The standard InChI is InChI=1S/C9H15N3OS/c1-10-7(6-14-3)8-9(13-2)12-5-4-11-8/h4-5,7,10H,6H2,1-3H3. The van der Waals surface area contributed by atoms with Crippen molar-refractivity contribution in [3.8, 4) is 5.88 Å². The number of thioether (sulfide) groups is 1. The summed E-state index contributed by atoms with van der Waals surface area (Å²) in [6.45, 7) is 0. The maximum Gasteiger partial charge on any atom is 0.237 e. The van der Waals surface area contributed by atoms with Crippen LogP contribution in [0.5, 0.6) is 5.88 Å². The first-order valence-electron chi connectivity index (χ1n) is 4.34. The Morgan fingerprint density at radius 2 is 2.21 bits per heavy atom. The first-order chi connectivity index (χ1) is 6.83. The quantitative estimate of drug-likeness (QED) is 0.794. The van der Waals surface area contributed by atoms with Gasteiger partial charge in [-0.15, -0.1) is 0 Å². The summed E-state index contributed by atoms with van der Waals surface area (Å²) in [6, 6.07) is 0.189. The molecule has 1 unspecified atom stereocenters. The highest BCUT2D eigenvalue weighted by molar-refractivity contribution is 7.98. The highest BCUT2D eigenvalue weighted by Crippen LogP contribution is 2.21. The molecule has 1 aromatic rings. The number of aromatic nitrogens is 2. The molecule has 0 saturated heterocycles. The Morgan fingerprint density at radius 1 is 1.50 bits per heavy atom. The van der Waals surface area contributed by atoms with Crippen LogP contribution in [-0.4, -0.2) is 36.1 Å². The van der Waals surface area contributed by atoms with E-state index in [1.807, 2.05) is 7.05 Å². The normalized spacial score (nSPS) is 12.5. The lowest BCUT2D eigenvalue weighted by atomic mass is 10.2. The number of nitrogens with one attached hydrogen (secondary N) is 1. The van der Waals surface area contributed by atoms with Gasteiger partial charge in [-0.05, 0) is 13.3 Å². The molecule has 0 amide bonds. The van der Waals surface area contributed by atoms with Crippen molar-refractivity contribution in [3.63, 3.8) is 0 Å². The number of rotatable bonds is 5. The predicted molar refractivity (Wildman–Crippen MR) is 58.8 cm³/mol. The van der Waals surface area contributed by atoms with Gasteiger partial charge in [-0.1, -0.05) is 0 Å². The van der Waals surface area contributed by atoms with Crippen molar-refractivity contribution in [2.45, 2.75) is 6.04 Å². The van der Waals surface area contributed by atoms with E-state index in [-0.39, 0.29) is 6.04 Å². The number of hydrogen-bond donors (Lipinski definition) is 1. The molecule has 14 heavy (non-hydrogen) atoms. The Morgan fingerprint density at radius 3 is 2.79 bits per heavy atom. The molecule has 0 bridgehead atoms. The fourth-order valence-corrected chi connectivity index (χ4v) is 1.86. The average molecular weight is 213 g/mol. The van der Waals surface area contributed by atoms with Crippen molar-refractivity contribution in [3.05, 3.63) is 18.1 Å². The van der Waals surface area contributed by atoms with E-state index in [2.05, 4.69) is 21.5 Å². The third-order valence-corrected chi connectivity index (χ3v) is 2.56. The lowest BCUT2D eigenvalue weighted by molar-refractivity contribution is 0.383. The Hall–Kier alpha value is -0.810. The van der Waals surface area contributed by atoms with E-state index in [0.717, 1.165) is 11.4 Å². The minimum absolute atomic E-state index is 0.189. The second-order valence-corrected chi connectivity index (χ2v) is 3.66. The fourth-order valence-electron chi connectivity index (χ4n) is 1.20. The molecule has 1 atom stereocenters.